The Balaban J connectivity index is 2.21. The van der Waals surface area contributed by atoms with Gasteiger partial charge in [0, 0.05) is 30.9 Å². The lowest BCUT2D eigenvalue weighted by Gasteiger charge is -2.03. The van der Waals surface area contributed by atoms with Crippen LogP contribution >= 0.6 is 0 Å². The van der Waals surface area contributed by atoms with E-state index in [-0.39, 0.29) is 6.61 Å². The first-order chi connectivity index (χ1) is 9.70. The van der Waals surface area contributed by atoms with Gasteiger partial charge in [0.05, 0.1) is 5.69 Å². The second-order valence-corrected chi connectivity index (χ2v) is 4.16. The molecule has 1 aromatic carbocycles. The van der Waals surface area contributed by atoms with Crippen LogP contribution in [0.2, 0.25) is 0 Å². The van der Waals surface area contributed by atoms with Gasteiger partial charge in [0.1, 0.15) is 0 Å². The molecule has 2 rings (SSSR count). The van der Waals surface area contributed by atoms with Crippen LogP contribution in [0.4, 0.5) is 0 Å². The fourth-order valence-corrected chi connectivity index (χ4v) is 1.66. The molecule has 2 aromatic rings. The van der Waals surface area contributed by atoms with Crippen molar-refractivity contribution in [2.45, 2.75) is 12.8 Å². The molecule has 2 N–H and O–H groups in total. The van der Waals surface area contributed by atoms with Crippen molar-refractivity contribution in [3.05, 3.63) is 62.9 Å². The van der Waals surface area contributed by atoms with Gasteiger partial charge in [-0.1, -0.05) is 11.8 Å². The summed E-state index contributed by atoms with van der Waals surface area (Å²) in [5.74, 6) is 5.93. The largest absolute Gasteiger partial charge is 0.396 e. The quantitative estimate of drug-likeness (QED) is 0.635. The van der Waals surface area contributed by atoms with E-state index in [2.05, 4.69) is 16.8 Å². The zero-order valence-corrected chi connectivity index (χ0v) is 10.8. The molecular weight excluding hydrogens is 256 g/mol. The first-order valence-electron chi connectivity index (χ1n) is 6.23. The highest BCUT2D eigenvalue weighted by molar-refractivity contribution is 5.41. The van der Waals surface area contributed by atoms with Gasteiger partial charge in [0.2, 0.25) is 0 Å². The van der Waals surface area contributed by atoms with E-state index in [1.807, 2.05) is 0 Å². The Morgan fingerprint density at radius 3 is 2.55 bits per heavy atom. The van der Waals surface area contributed by atoms with Crippen LogP contribution in [0.25, 0.3) is 5.69 Å². The van der Waals surface area contributed by atoms with Crippen LogP contribution < -0.4 is 11.2 Å². The number of aromatic nitrogens is 2. The third-order valence-corrected chi connectivity index (χ3v) is 2.66. The van der Waals surface area contributed by atoms with Crippen LogP contribution in [0, 0.1) is 11.8 Å². The van der Waals surface area contributed by atoms with E-state index in [1.54, 1.807) is 24.3 Å². The normalized spacial score (nSPS) is 9.85. The first-order valence-corrected chi connectivity index (χ1v) is 6.23. The molecule has 0 saturated carbocycles. The molecule has 5 nitrogen and oxygen atoms in total. The monoisotopic (exact) mass is 270 g/mol. The van der Waals surface area contributed by atoms with Crippen molar-refractivity contribution in [3.63, 3.8) is 0 Å². The molecule has 0 spiro atoms. The van der Waals surface area contributed by atoms with Gasteiger partial charge >= 0.3 is 5.69 Å². The van der Waals surface area contributed by atoms with E-state index in [4.69, 9.17) is 5.11 Å². The van der Waals surface area contributed by atoms with Gasteiger partial charge in [-0.3, -0.25) is 14.3 Å². The number of hydrogen-bond donors (Lipinski definition) is 2. The minimum Gasteiger partial charge on any atom is -0.396 e. The highest BCUT2D eigenvalue weighted by Gasteiger charge is 1.99. The minimum absolute atomic E-state index is 0.142. The second-order valence-electron chi connectivity index (χ2n) is 4.16. The molecule has 0 bridgehead atoms. The van der Waals surface area contributed by atoms with Gasteiger partial charge in [-0.15, -0.1) is 0 Å². The summed E-state index contributed by atoms with van der Waals surface area (Å²) in [5, 5.41) is 8.65. The van der Waals surface area contributed by atoms with E-state index in [1.165, 1.54) is 16.8 Å². The topological polar surface area (TPSA) is 75.1 Å². The van der Waals surface area contributed by atoms with Gasteiger partial charge in [-0.25, -0.2) is 4.79 Å². The summed E-state index contributed by atoms with van der Waals surface area (Å²) in [6.07, 6.45) is 2.75. The first kappa shape index (κ1) is 13.8. The van der Waals surface area contributed by atoms with Gasteiger partial charge < -0.3 is 5.11 Å². The fraction of sp³-hybridized carbons (Fsp3) is 0.200. The predicted octanol–water partition coefficient (Wildman–Crippen LogP) is 0.650. The Morgan fingerprint density at radius 2 is 1.90 bits per heavy atom. The Labute approximate surface area is 115 Å². The summed E-state index contributed by atoms with van der Waals surface area (Å²) in [6, 6.07) is 8.42. The number of benzene rings is 1. The van der Waals surface area contributed by atoms with Gasteiger partial charge in [0.15, 0.2) is 0 Å². The SMILES string of the molecule is O=c1ccn(-c2ccc(C#CCCCO)cc2)c(=O)[nH]1. The maximum Gasteiger partial charge on any atom is 0.332 e. The van der Waals surface area contributed by atoms with Crippen LogP contribution in [-0.4, -0.2) is 21.3 Å². The Morgan fingerprint density at radius 1 is 1.15 bits per heavy atom. The summed E-state index contributed by atoms with van der Waals surface area (Å²) < 4.78 is 1.35. The second kappa shape index (κ2) is 6.55. The van der Waals surface area contributed by atoms with Crippen molar-refractivity contribution in [2.24, 2.45) is 0 Å². The molecule has 5 heteroatoms. The molecule has 0 aliphatic carbocycles. The smallest absolute Gasteiger partial charge is 0.332 e. The molecule has 20 heavy (non-hydrogen) atoms. The van der Waals surface area contributed by atoms with E-state index in [9.17, 15) is 9.59 Å². The van der Waals surface area contributed by atoms with Crippen LogP contribution in [0.15, 0.2) is 46.1 Å². The molecule has 1 aromatic heterocycles. The lowest BCUT2D eigenvalue weighted by atomic mass is 10.2. The highest BCUT2D eigenvalue weighted by Crippen LogP contribution is 2.06. The van der Waals surface area contributed by atoms with Crippen LogP contribution in [0.3, 0.4) is 0 Å². The molecule has 0 saturated heterocycles. The van der Waals surface area contributed by atoms with E-state index >= 15 is 0 Å². The maximum absolute atomic E-state index is 11.6. The molecule has 0 atom stereocenters. The van der Waals surface area contributed by atoms with Gasteiger partial charge in [-0.05, 0) is 30.7 Å². The number of unbranched alkanes of at least 4 members (excludes halogenated alkanes) is 1. The number of nitrogens with one attached hydrogen (secondary N) is 1. The molecule has 0 amide bonds. The summed E-state index contributed by atoms with van der Waals surface area (Å²) in [4.78, 5) is 24.8. The van der Waals surface area contributed by atoms with E-state index in [0.717, 1.165) is 5.56 Å². The highest BCUT2D eigenvalue weighted by atomic mass is 16.2. The minimum atomic E-state index is -0.473. The van der Waals surface area contributed by atoms with Crippen molar-refractivity contribution < 1.29 is 5.11 Å². The Bertz CT molecular complexity index is 745. The number of nitrogens with zero attached hydrogens (tertiary/aromatic N) is 1. The number of aromatic amines is 1. The Hall–Kier alpha value is -2.58. The molecule has 102 valence electrons. The molecule has 1 heterocycles. The summed E-state index contributed by atoms with van der Waals surface area (Å²) >= 11 is 0. The third-order valence-electron chi connectivity index (χ3n) is 2.66. The number of aliphatic hydroxyl groups excluding tert-OH is 1. The number of hydrogen-bond acceptors (Lipinski definition) is 3. The molecule has 0 unspecified atom stereocenters. The van der Waals surface area contributed by atoms with Crippen molar-refractivity contribution in [1.29, 1.82) is 0 Å². The van der Waals surface area contributed by atoms with Crippen molar-refractivity contribution >= 4 is 0 Å². The van der Waals surface area contributed by atoms with Crippen LogP contribution in [0.1, 0.15) is 18.4 Å². The summed E-state index contributed by atoms with van der Waals surface area (Å²) in [6.45, 7) is 0.142. The summed E-state index contributed by atoms with van der Waals surface area (Å²) in [5.41, 5.74) is 0.605. The summed E-state index contributed by atoms with van der Waals surface area (Å²) in [7, 11) is 0. The number of aliphatic hydroxyl groups is 1. The lowest BCUT2D eigenvalue weighted by molar-refractivity contribution is 0.290. The van der Waals surface area contributed by atoms with Crippen molar-refractivity contribution in [2.75, 3.05) is 6.61 Å². The van der Waals surface area contributed by atoms with Crippen LogP contribution in [-0.2, 0) is 0 Å². The molecule has 0 aliphatic heterocycles. The van der Waals surface area contributed by atoms with Crippen LogP contribution in [0.5, 0.6) is 0 Å². The maximum atomic E-state index is 11.6. The van der Waals surface area contributed by atoms with Gasteiger partial charge in [0.25, 0.3) is 5.56 Å². The zero-order chi connectivity index (χ0) is 14.4. The van der Waals surface area contributed by atoms with Gasteiger partial charge in [-0.2, -0.15) is 0 Å². The number of H-pyrrole nitrogens is 1. The number of rotatable bonds is 3. The Kier molecular flexibility index (Phi) is 4.53. The molecule has 0 aliphatic rings. The average Bonchev–Trinajstić information content (AvgIpc) is 2.45. The average molecular weight is 270 g/mol. The fourth-order valence-electron chi connectivity index (χ4n) is 1.66. The van der Waals surface area contributed by atoms with E-state index < -0.39 is 11.2 Å². The molecule has 0 radical (unpaired) electrons. The lowest BCUT2D eigenvalue weighted by Crippen LogP contribution is -2.27. The predicted molar refractivity (Wildman–Crippen MR) is 75.9 cm³/mol. The van der Waals surface area contributed by atoms with E-state index in [0.29, 0.717) is 18.5 Å². The third kappa shape index (κ3) is 3.46. The zero-order valence-electron chi connectivity index (χ0n) is 10.8. The van der Waals surface area contributed by atoms with Crippen molar-refractivity contribution in [3.8, 4) is 17.5 Å². The molecule has 0 fully saturated rings. The molecular formula is C15H14N2O3. The standard InChI is InChI=1S/C15H14N2O3/c18-11-3-1-2-4-12-5-7-13(8-6-12)17-10-9-14(19)16-15(17)20/h5-10,18H,1,3,11H2,(H,16,19,20). The van der Waals surface area contributed by atoms with Crippen molar-refractivity contribution in [1.82, 2.24) is 9.55 Å².